The number of esters is 1. The van der Waals surface area contributed by atoms with Crippen molar-refractivity contribution < 1.29 is 38.9 Å². The standard InChI is InChI=1S/C32H46O8/c1-16(11-19(34)12-17(2)28(38)39)20-13-24(37)32(8)27-21(35)14-23-29(4,5)25(40-18(3)33)9-10-30(23,6)26(27)22(36)15-31(20,32)7/h16-17,20-21,23,25,35H,9-15H2,1-8H3,(H,38,39)/t16-,17?,20-,21+,23+,25+,30+,31-,32+/m1/s1. The Labute approximate surface area is 237 Å². The van der Waals surface area contributed by atoms with Gasteiger partial charge in [0.05, 0.1) is 17.4 Å². The molecule has 2 N–H and O–H groups in total. The number of carboxylic acids is 1. The topological polar surface area (TPSA) is 135 Å². The summed E-state index contributed by atoms with van der Waals surface area (Å²) >= 11 is 0. The first-order valence-corrected chi connectivity index (χ1v) is 14.7. The number of fused-ring (bicyclic) bond motifs is 4. The molecule has 8 nitrogen and oxygen atoms in total. The second kappa shape index (κ2) is 9.88. The molecule has 0 spiro atoms. The van der Waals surface area contributed by atoms with Gasteiger partial charge in [0.1, 0.15) is 17.7 Å². The molecule has 2 fully saturated rings. The van der Waals surface area contributed by atoms with Gasteiger partial charge in [-0.05, 0) is 60.3 Å². The Morgan fingerprint density at radius 1 is 1.05 bits per heavy atom. The maximum absolute atomic E-state index is 14.2. The van der Waals surface area contributed by atoms with Crippen LogP contribution in [0.1, 0.15) is 100 Å². The number of hydrogen-bond acceptors (Lipinski definition) is 7. The van der Waals surface area contributed by atoms with E-state index in [9.17, 15) is 34.2 Å². The number of aliphatic hydroxyl groups is 1. The Hall–Kier alpha value is -2.35. The van der Waals surface area contributed by atoms with Gasteiger partial charge < -0.3 is 14.9 Å². The summed E-state index contributed by atoms with van der Waals surface area (Å²) in [6.45, 7) is 14.8. The van der Waals surface area contributed by atoms with E-state index in [-0.39, 0.29) is 72.9 Å². The number of carbonyl (C=O) groups excluding carboxylic acids is 4. The maximum atomic E-state index is 14.2. The van der Waals surface area contributed by atoms with Gasteiger partial charge in [-0.3, -0.25) is 24.0 Å². The quantitative estimate of drug-likeness (QED) is 0.429. The van der Waals surface area contributed by atoms with E-state index < -0.39 is 39.7 Å². The minimum atomic E-state index is -1.04. The highest BCUT2D eigenvalue weighted by molar-refractivity contribution is 6.05. The van der Waals surface area contributed by atoms with Crippen molar-refractivity contribution in [1.82, 2.24) is 0 Å². The average Bonchev–Trinajstić information content (AvgIpc) is 3.03. The molecule has 1 unspecified atom stereocenters. The molecule has 0 aromatic carbocycles. The summed E-state index contributed by atoms with van der Waals surface area (Å²) in [6.07, 6.45) is 0.743. The highest BCUT2D eigenvalue weighted by Crippen LogP contribution is 2.70. The zero-order valence-electron chi connectivity index (χ0n) is 25.3. The van der Waals surface area contributed by atoms with Gasteiger partial charge in [0, 0.05) is 43.6 Å². The van der Waals surface area contributed by atoms with Crippen LogP contribution in [-0.2, 0) is 28.7 Å². The molecule has 4 aliphatic carbocycles. The van der Waals surface area contributed by atoms with E-state index in [1.54, 1.807) is 0 Å². The summed E-state index contributed by atoms with van der Waals surface area (Å²) in [5.41, 5.74) is -1.70. The molecule has 0 aliphatic heterocycles. The molecule has 2 saturated carbocycles. The van der Waals surface area contributed by atoms with Crippen LogP contribution in [0.5, 0.6) is 0 Å². The molecule has 0 radical (unpaired) electrons. The van der Waals surface area contributed by atoms with Crippen LogP contribution in [0.2, 0.25) is 0 Å². The largest absolute Gasteiger partial charge is 0.481 e. The second-order valence-electron chi connectivity index (χ2n) is 14.5. The van der Waals surface area contributed by atoms with Gasteiger partial charge in [-0.2, -0.15) is 0 Å². The highest BCUT2D eigenvalue weighted by Gasteiger charge is 2.70. The van der Waals surface area contributed by atoms with Crippen molar-refractivity contribution in [2.24, 2.45) is 45.3 Å². The molecule has 4 aliphatic rings. The molecule has 0 heterocycles. The second-order valence-corrected chi connectivity index (χ2v) is 14.5. The fourth-order valence-electron chi connectivity index (χ4n) is 9.51. The number of aliphatic hydroxyl groups excluding tert-OH is 1. The van der Waals surface area contributed by atoms with Crippen LogP contribution in [0.4, 0.5) is 0 Å². The fraction of sp³-hybridized carbons (Fsp3) is 0.781. The van der Waals surface area contributed by atoms with Crippen molar-refractivity contribution >= 4 is 29.3 Å². The maximum Gasteiger partial charge on any atom is 0.306 e. The summed E-state index contributed by atoms with van der Waals surface area (Å²) < 4.78 is 5.69. The summed E-state index contributed by atoms with van der Waals surface area (Å²) in [5.74, 6) is -2.94. The van der Waals surface area contributed by atoms with E-state index in [4.69, 9.17) is 4.74 Å². The normalized spacial score (nSPS) is 40.0. The zero-order chi connectivity index (χ0) is 30.2. The molecule has 9 atom stereocenters. The first kappa shape index (κ1) is 30.6. The van der Waals surface area contributed by atoms with Crippen LogP contribution >= 0.6 is 0 Å². The lowest BCUT2D eigenvalue weighted by Crippen LogP contribution is -2.61. The molecular formula is C32H46O8. The molecule has 40 heavy (non-hydrogen) atoms. The minimum Gasteiger partial charge on any atom is -0.481 e. The molecule has 8 heteroatoms. The molecule has 0 amide bonds. The van der Waals surface area contributed by atoms with E-state index in [1.807, 2.05) is 34.6 Å². The molecular weight excluding hydrogens is 512 g/mol. The lowest BCUT2D eigenvalue weighted by molar-refractivity contribution is -0.171. The third-order valence-corrected chi connectivity index (χ3v) is 11.8. The zero-order valence-corrected chi connectivity index (χ0v) is 25.3. The van der Waals surface area contributed by atoms with Crippen molar-refractivity contribution in [3.05, 3.63) is 11.1 Å². The number of ether oxygens (including phenoxy) is 1. The fourth-order valence-corrected chi connectivity index (χ4v) is 9.51. The Kier molecular flexibility index (Phi) is 7.56. The van der Waals surface area contributed by atoms with Gasteiger partial charge in [0.2, 0.25) is 0 Å². The van der Waals surface area contributed by atoms with Crippen LogP contribution in [0.15, 0.2) is 11.1 Å². The number of carboxylic acid groups (broad SMARTS) is 1. The summed E-state index contributed by atoms with van der Waals surface area (Å²) in [6, 6.07) is 0. The molecule has 0 saturated heterocycles. The van der Waals surface area contributed by atoms with Gasteiger partial charge in [-0.25, -0.2) is 0 Å². The molecule has 0 aromatic rings. The smallest absolute Gasteiger partial charge is 0.306 e. The van der Waals surface area contributed by atoms with E-state index in [0.29, 0.717) is 30.4 Å². The molecule has 4 rings (SSSR count). The van der Waals surface area contributed by atoms with Crippen LogP contribution in [0.3, 0.4) is 0 Å². The van der Waals surface area contributed by atoms with Gasteiger partial charge >= 0.3 is 11.9 Å². The Morgan fingerprint density at radius 2 is 1.68 bits per heavy atom. The van der Waals surface area contributed by atoms with E-state index in [0.717, 1.165) is 0 Å². The van der Waals surface area contributed by atoms with E-state index in [1.165, 1.54) is 13.8 Å². The first-order chi connectivity index (χ1) is 18.3. The number of rotatable bonds is 7. The minimum absolute atomic E-state index is 0.00726. The van der Waals surface area contributed by atoms with Crippen molar-refractivity contribution in [1.29, 1.82) is 0 Å². The monoisotopic (exact) mass is 558 g/mol. The van der Waals surface area contributed by atoms with E-state index in [2.05, 4.69) is 6.92 Å². The number of carbonyl (C=O) groups is 5. The van der Waals surface area contributed by atoms with Gasteiger partial charge in [-0.15, -0.1) is 0 Å². The van der Waals surface area contributed by atoms with Crippen molar-refractivity contribution in [3.63, 3.8) is 0 Å². The number of allylic oxidation sites excluding steroid dienone is 1. The van der Waals surface area contributed by atoms with E-state index >= 15 is 0 Å². The highest BCUT2D eigenvalue weighted by atomic mass is 16.5. The number of aliphatic carboxylic acids is 1. The van der Waals surface area contributed by atoms with Gasteiger partial charge in [0.15, 0.2) is 5.78 Å². The predicted octanol–water partition coefficient (Wildman–Crippen LogP) is 4.70. The SMILES string of the molecule is CC(=O)O[C@H]1CC[C@]2(C)C3=C([C@@H](O)C[C@H]2C1(C)C)[C@]1(C)C(=O)C[C@H]([C@H](C)CC(=O)CC(C)C(=O)O)[C@@]1(C)CC3=O. The van der Waals surface area contributed by atoms with Gasteiger partial charge in [0.25, 0.3) is 0 Å². The Morgan fingerprint density at radius 3 is 2.25 bits per heavy atom. The lowest BCUT2D eigenvalue weighted by atomic mass is 9.42. The third kappa shape index (κ3) is 4.31. The number of hydrogen-bond donors (Lipinski definition) is 2. The molecule has 0 bridgehead atoms. The third-order valence-electron chi connectivity index (χ3n) is 11.8. The van der Waals surface area contributed by atoms with Gasteiger partial charge in [-0.1, -0.05) is 41.5 Å². The Balaban J connectivity index is 1.73. The number of Topliss-reactive ketones (excluding diaryl/α,β-unsaturated/α-hetero) is 3. The molecule has 222 valence electrons. The molecule has 0 aromatic heterocycles. The van der Waals surface area contributed by atoms with Crippen LogP contribution in [0.25, 0.3) is 0 Å². The van der Waals surface area contributed by atoms with Crippen LogP contribution in [0, 0.1) is 45.3 Å². The first-order valence-electron chi connectivity index (χ1n) is 14.7. The van der Waals surface area contributed by atoms with Crippen LogP contribution in [-0.4, -0.2) is 51.7 Å². The summed E-state index contributed by atoms with van der Waals surface area (Å²) in [5, 5.41) is 21.0. The lowest BCUT2D eigenvalue weighted by Gasteiger charge is -2.62. The average molecular weight is 559 g/mol. The Bertz CT molecular complexity index is 1180. The number of ketones is 3. The predicted molar refractivity (Wildman–Crippen MR) is 147 cm³/mol. The van der Waals surface area contributed by atoms with Crippen LogP contribution < -0.4 is 0 Å². The summed E-state index contributed by atoms with van der Waals surface area (Å²) in [4.78, 5) is 64.1. The van der Waals surface area contributed by atoms with Crippen molar-refractivity contribution in [2.75, 3.05) is 0 Å². The van der Waals surface area contributed by atoms with Crippen molar-refractivity contribution in [3.8, 4) is 0 Å². The van der Waals surface area contributed by atoms with Crippen molar-refractivity contribution in [2.45, 2.75) is 113 Å². The summed E-state index contributed by atoms with van der Waals surface area (Å²) in [7, 11) is 0.